The molecule has 0 unspecified atom stereocenters. The van der Waals surface area contributed by atoms with Crippen LogP contribution >= 0.6 is 0 Å². The smallest absolute Gasteiger partial charge is 0.336 e. The number of aryl methyl sites for hydroxylation is 1. The Labute approximate surface area is 241 Å². The van der Waals surface area contributed by atoms with E-state index < -0.39 is 27.7 Å². The van der Waals surface area contributed by atoms with Crippen LogP contribution in [0.5, 0.6) is 5.75 Å². The third-order valence-corrected chi connectivity index (χ3v) is 8.52. The number of carbonyl (C=O) groups excluding carboxylic acids is 1. The van der Waals surface area contributed by atoms with Gasteiger partial charge in [0, 0.05) is 41.0 Å². The second-order valence-electron chi connectivity index (χ2n) is 9.97. The quantitative estimate of drug-likeness (QED) is 0.135. The second kappa shape index (κ2) is 11.1. The van der Waals surface area contributed by atoms with E-state index in [4.69, 9.17) is 9.15 Å². The SMILES string of the molecule is Cc1ccc(S(=O)(=O)N[C@@H](Cc2c[nH]c3ccccc23)C(=O)Oc2ccc3c(-c4ccccc4)cc(=O)oc3c2)cc1. The molecule has 6 rings (SSSR count). The fraction of sp³-hybridized carbons (Fsp3) is 0.0909. The van der Waals surface area contributed by atoms with Crippen molar-refractivity contribution in [3.8, 4) is 16.9 Å². The summed E-state index contributed by atoms with van der Waals surface area (Å²) in [5.41, 5.74) is 3.72. The Bertz CT molecular complexity index is 2080. The van der Waals surface area contributed by atoms with E-state index in [0.29, 0.717) is 10.9 Å². The molecule has 0 saturated carbocycles. The molecule has 2 aromatic heterocycles. The van der Waals surface area contributed by atoms with Gasteiger partial charge in [-0.2, -0.15) is 4.72 Å². The first-order valence-electron chi connectivity index (χ1n) is 13.3. The molecule has 1 atom stereocenters. The number of carbonyl (C=O) groups is 1. The molecule has 0 fully saturated rings. The van der Waals surface area contributed by atoms with Crippen molar-refractivity contribution in [1.29, 1.82) is 0 Å². The molecule has 4 aromatic carbocycles. The van der Waals surface area contributed by atoms with Gasteiger partial charge in [-0.05, 0) is 53.9 Å². The molecule has 8 nitrogen and oxygen atoms in total. The van der Waals surface area contributed by atoms with Gasteiger partial charge in [0.15, 0.2) is 0 Å². The van der Waals surface area contributed by atoms with Crippen LogP contribution < -0.4 is 15.1 Å². The lowest BCUT2D eigenvalue weighted by Gasteiger charge is -2.18. The molecule has 9 heteroatoms. The number of sulfonamides is 1. The van der Waals surface area contributed by atoms with E-state index in [1.165, 1.54) is 24.3 Å². The zero-order valence-corrected chi connectivity index (χ0v) is 23.4. The van der Waals surface area contributed by atoms with Gasteiger partial charge >= 0.3 is 11.6 Å². The number of ether oxygens (including phenoxy) is 1. The van der Waals surface area contributed by atoms with Crippen molar-refractivity contribution in [2.45, 2.75) is 24.3 Å². The average Bonchev–Trinajstić information content (AvgIpc) is 3.39. The van der Waals surface area contributed by atoms with Gasteiger partial charge in [-0.25, -0.2) is 18.0 Å². The first-order valence-corrected chi connectivity index (χ1v) is 14.7. The Balaban J connectivity index is 1.33. The molecule has 0 spiro atoms. The van der Waals surface area contributed by atoms with E-state index in [0.717, 1.165) is 27.6 Å². The Morgan fingerprint density at radius 3 is 2.43 bits per heavy atom. The Hall–Kier alpha value is -4.99. The van der Waals surface area contributed by atoms with Crippen molar-refractivity contribution >= 4 is 37.9 Å². The number of aromatic amines is 1. The summed E-state index contributed by atoms with van der Waals surface area (Å²) in [6, 6.07) is 28.2. The number of hydrogen-bond donors (Lipinski definition) is 2. The number of nitrogens with one attached hydrogen (secondary N) is 2. The van der Waals surface area contributed by atoms with Gasteiger partial charge in [0.1, 0.15) is 17.4 Å². The lowest BCUT2D eigenvalue weighted by Crippen LogP contribution is -2.44. The molecular formula is C33H26N2O6S. The minimum absolute atomic E-state index is 0.0331. The van der Waals surface area contributed by atoms with Crippen molar-refractivity contribution in [2.24, 2.45) is 0 Å². The van der Waals surface area contributed by atoms with Crippen molar-refractivity contribution < 1.29 is 22.4 Å². The summed E-state index contributed by atoms with van der Waals surface area (Å²) in [7, 11) is -4.07. The fourth-order valence-corrected chi connectivity index (χ4v) is 6.10. The predicted octanol–water partition coefficient (Wildman–Crippen LogP) is 5.74. The molecule has 42 heavy (non-hydrogen) atoms. The molecule has 2 heterocycles. The van der Waals surface area contributed by atoms with Crippen LogP contribution in [-0.4, -0.2) is 25.4 Å². The van der Waals surface area contributed by atoms with Crippen molar-refractivity contribution in [2.75, 3.05) is 0 Å². The summed E-state index contributed by atoms with van der Waals surface area (Å²) in [5.74, 6) is -0.698. The van der Waals surface area contributed by atoms with Crippen LogP contribution in [0.15, 0.2) is 123 Å². The summed E-state index contributed by atoms with van der Waals surface area (Å²) in [4.78, 5) is 29.1. The van der Waals surface area contributed by atoms with Gasteiger partial charge in [-0.3, -0.25) is 0 Å². The summed E-state index contributed by atoms with van der Waals surface area (Å²) < 4.78 is 40.3. The highest BCUT2D eigenvalue weighted by Gasteiger charge is 2.29. The lowest BCUT2D eigenvalue weighted by molar-refractivity contribution is -0.136. The Morgan fingerprint density at radius 2 is 1.64 bits per heavy atom. The molecule has 0 bridgehead atoms. The first-order chi connectivity index (χ1) is 20.3. The summed E-state index contributed by atoms with van der Waals surface area (Å²) in [5, 5.41) is 1.53. The van der Waals surface area contributed by atoms with Gasteiger partial charge in [-0.15, -0.1) is 0 Å². The highest BCUT2D eigenvalue weighted by atomic mass is 32.2. The molecule has 6 aromatic rings. The third kappa shape index (κ3) is 5.60. The van der Waals surface area contributed by atoms with Crippen molar-refractivity contribution in [3.05, 3.63) is 131 Å². The zero-order chi connectivity index (χ0) is 29.3. The maximum absolute atomic E-state index is 13.6. The first kappa shape index (κ1) is 27.2. The maximum Gasteiger partial charge on any atom is 0.336 e. The molecule has 0 aliphatic rings. The molecule has 0 radical (unpaired) electrons. The van der Waals surface area contributed by atoms with E-state index in [1.807, 2.05) is 61.5 Å². The summed E-state index contributed by atoms with van der Waals surface area (Å²) in [6.07, 6.45) is 1.79. The number of esters is 1. The predicted molar refractivity (Wildman–Crippen MR) is 161 cm³/mol. The van der Waals surface area contributed by atoms with Crippen LogP contribution in [0, 0.1) is 6.92 Å². The largest absolute Gasteiger partial charge is 0.425 e. The van der Waals surface area contributed by atoms with E-state index in [2.05, 4.69) is 9.71 Å². The third-order valence-electron chi connectivity index (χ3n) is 7.03. The molecule has 0 aliphatic carbocycles. The van der Waals surface area contributed by atoms with E-state index >= 15 is 0 Å². The number of rotatable bonds is 8. The summed E-state index contributed by atoms with van der Waals surface area (Å²) >= 11 is 0. The fourth-order valence-electron chi connectivity index (χ4n) is 4.92. The van der Waals surface area contributed by atoms with Crippen LogP contribution in [-0.2, 0) is 21.2 Å². The molecule has 210 valence electrons. The molecule has 0 amide bonds. The highest BCUT2D eigenvalue weighted by Crippen LogP contribution is 2.30. The lowest BCUT2D eigenvalue weighted by atomic mass is 10.0. The minimum atomic E-state index is -4.07. The van der Waals surface area contributed by atoms with Gasteiger partial charge in [0.25, 0.3) is 0 Å². The maximum atomic E-state index is 13.6. The Morgan fingerprint density at radius 1 is 0.905 bits per heavy atom. The number of fused-ring (bicyclic) bond motifs is 2. The molecule has 0 aliphatic heterocycles. The van der Waals surface area contributed by atoms with E-state index in [-0.39, 0.29) is 22.6 Å². The second-order valence-corrected chi connectivity index (χ2v) is 11.7. The normalized spacial score (nSPS) is 12.4. The van der Waals surface area contributed by atoms with Crippen LogP contribution in [0.2, 0.25) is 0 Å². The number of aromatic nitrogens is 1. The molecular weight excluding hydrogens is 552 g/mol. The number of hydrogen-bond acceptors (Lipinski definition) is 6. The monoisotopic (exact) mass is 578 g/mol. The molecule has 2 N–H and O–H groups in total. The van der Waals surface area contributed by atoms with Crippen molar-refractivity contribution in [3.63, 3.8) is 0 Å². The number of benzene rings is 4. The van der Waals surface area contributed by atoms with Crippen LogP contribution in [0.1, 0.15) is 11.1 Å². The van der Waals surface area contributed by atoms with Crippen LogP contribution in [0.4, 0.5) is 0 Å². The van der Waals surface area contributed by atoms with Crippen LogP contribution in [0.25, 0.3) is 33.0 Å². The summed E-state index contributed by atoms with van der Waals surface area (Å²) in [6.45, 7) is 1.86. The van der Waals surface area contributed by atoms with Crippen LogP contribution in [0.3, 0.4) is 0 Å². The highest BCUT2D eigenvalue weighted by molar-refractivity contribution is 7.89. The number of para-hydroxylation sites is 1. The van der Waals surface area contributed by atoms with Gasteiger partial charge in [-0.1, -0.05) is 66.2 Å². The molecule has 0 saturated heterocycles. The zero-order valence-electron chi connectivity index (χ0n) is 22.5. The van der Waals surface area contributed by atoms with E-state index in [1.54, 1.807) is 30.5 Å². The Kier molecular flexibility index (Phi) is 7.20. The topological polar surface area (TPSA) is 118 Å². The number of H-pyrrole nitrogens is 1. The minimum Gasteiger partial charge on any atom is -0.425 e. The standard InChI is InChI=1S/C33H26N2O6S/c1-21-11-14-25(15-12-21)42(38,39)35-30(17-23-20-34-29-10-6-5-9-26(23)29)33(37)40-24-13-16-27-28(22-7-3-2-4-8-22)19-32(36)41-31(27)18-24/h2-16,18-20,30,34-35H,17H2,1H3/t30-/m0/s1. The average molecular weight is 579 g/mol. The van der Waals surface area contributed by atoms with Gasteiger partial charge in [0.2, 0.25) is 10.0 Å². The van der Waals surface area contributed by atoms with Gasteiger partial charge in [0.05, 0.1) is 4.90 Å². The van der Waals surface area contributed by atoms with Crippen molar-refractivity contribution in [1.82, 2.24) is 9.71 Å². The van der Waals surface area contributed by atoms with E-state index in [9.17, 15) is 18.0 Å². The van der Waals surface area contributed by atoms with Gasteiger partial charge < -0.3 is 14.1 Å².